The summed E-state index contributed by atoms with van der Waals surface area (Å²) >= 11 is 6.40. The Labute approximate surface area is 136 Å². The summed E-state index contributed by atoms with van der Waals surface area (Å²) in [6, 6.07) is 1.59. The third-order valence-electron chi connectivity index (χ3n) is 2.62. The normalized spacial score (nSPS) is 11.2. The van der Waals surface area contributed by atoms with Gasteiger partial charge in [0.05, 0.1) is 16.9 Å². The highest BCUT2D eigenvalue weighted by molar-refractivity contribution is 7.08. The van der Waals surface area contributed by atoms with Crippen LogP contribution in [0, 0.1) is 6.92 Å². The molecule has 0 fully saturated rings. The van der Waals surface area contributed by atoms with Crippen molar-refractivity contribution in [3.8, 4) is 0 Å². The number of alkyl halides is 3. The van der Waals surface area contributed by atoms with Gasteiger partial charge in [0.25, 0.3) is 5.91 Å². The maximum Gasteiger partial charge on any atom is 0.418 e. The van der Waals surface area contributed by atoms with Crippen LogP contribution in [0.2, 0.25) is 5.02 Å². The lowest BCUT2D eigenvalue weighted by Gasteiger charge is -2.14. The second-order valence-electron chi connectivity index (χ2n) is 4.28. The molecule has 2 N–H and O–H groups in total. The zero-order valence-electron chi connectivity index (χ0n) is 11.4. The molecule has 0 spiro atoms. The highest BCUT2D eigenvalue weighted by Gasteiger charge is 2.34. The van der Waals surface area contributed by atoms with Crippen LogP contribution in [0.1, 0.15) is 20.9 Å². The largest absolute Gasteiger partial charge is 0.418 e. The number of aromatic nitrogens is 2. The SMILES string of the molecule is Cc1nnsc1C(=O)NC(=O)Nc1cc(Cl)ccc1C(F)(F)F. The molecule has 23 heavy (non-hydrogen) atoms. The van der Waals surface area contributed by atoms with Crippen LogP contribution < -0.4 is 10.6 Å². The van der Waals surface area contributed by atoms with Crippen LogP contribution in [0.4, 0.5) is 23.7 Å². The van der Waals surface area contributed by atoms with Crippen molar-refractivity contribution in [2.45, 2.75) is 13.1 Å². The number of hydrogen-bond donors (Lipinski definition) is 2. The smallest absolute Gasteiger partial charge is 0.307 e. The number of nitrogens with one attached hydrogen (secondary N) is 2. The van der Waals surface area contributed by atoms with Crippen LogP contribution in [0.5, 0.6) is 0 Å². The Morgan fingerprint density at radius 2 is 2.00 bits per heavy atom. The van der Waals surface area contributed by atoms with Gasteiger partial charge < -0.3 is 5.32 Å². The fourth-order valence-corrected chi connectivity index (χ4v) is 2.34. The van der Waals surface area contributed by atoms with Gasteiger partial charge in [-0.3, -0.25) is 10.1 Å². The summed E-state index contributed by atoms with van der Waals surface area (Å²) in [6.07, 6.45) is -4.69. The van der Waals surface area contributed by atoms with Gasteiger partial charge in [-0.2, -0.15) is 13.2 Å². The standard InChI is InChI=1S/C12H8ClF3N4O2S/c1-5-9(23-20-19-5)10(21)18-11(22)17-8-4-6(13)2-3-7(8)12(14,15)16/h2-4H,1H3,(H2,17,18,21,22). The van der Waals surface area contributed by atoms with Gasteiger partial charge in [-0.15, -0.1) is 5.10 Å². The van der Waals surface area contributed by atoms with Crippen LogP contribution in [0.15, 0.2) is 18.2 Å². The molecule has 0 radical (unpaired) electrons. The lowest BCUT2D eigenvalue weighted by molar-refractivity contribution is -0.136. The van der Waals surface area contributed by atoms with Gasteiger partial charge in [-0.1, -0.05) is 16.1 Å². The van der Waals surface area contributed by atoms with Gasteiger partial charge in [0.2, 0.25) is 0 Å². The first-order chi connectivity index (χ1) is 10.7. The molecule has 1 aromatic heterocycles. The highest BCUT2D eigenvalue weighted by atomic mass is 35.5. The average Bonchev–Trinajstić information content (AvgIpc) is 2.83. The van der Waals surface area contributed by atoms with E-state index >= 15 is 0 Å². The van der Waals surface area contributed by atoms with Crippen molar-refractivity contribution < 1.29 is 22.8 Å². The summed E-state index contributed by atoms with van der Waals surface area (Å²) in [6.45, 7) is 1.51. The first-order valence-corrected chi connectivity index (χ1v) is 7.11. The van der Waals surface area contributed by atoms with Crippen LogP contribution in [-0.2, 0) is 6.18 Å². The number of rotatable bonds is 2. The van der Waals surface area contributed by atoms with Gasteiger partial charge in [0.15, 0.2) is 0 Å². The molecule has 6 nitrogen and oxygen atoms in total. The predicted molar refractivity (Wildman–Crippen MR) is 77.6 cm³/mol. The topological polar surface area (TPSA) is 84.0 Å². The van der Waals surface area contributed by atoms with E-state index in [0.717, 1.165) is 29.7 Å². The van der Waals surface area contributed by atoms with Gasteiger partial charge in [-0.05, 0) is 36.7 Å². The Kier molecular flexibility index (Phi) is 4.85. The maximum absolute atomic E-state index is 12.9. The third-order valence-corrected chi connectivity index (χ3v) is 3.68. The lowest BCUT2D eigenvalue weighted by atomic mass is 10.1. The van der Waals surface area contributed by atoms with Crippen LogP contribution in [-0.4, -0.2) is 21.5 Å². The van der Waals surface area contributed by atoms with Gasteiger partial charge in [0, 0.05) is 5.02 Å². The first-order valence-electron chi connectivity index (χ1n) is 5.96. The molecule has 1 heterocycles. The average molecular weight is 365 g/mol. The van der Waals surface area contributed by atoms with E-state index in [2.05, 4.69) is 9.59 Å². The Hall–Kier alpha value is -2.20. The van der Waals surface area contributed by atoms with E-state index in [1.54, 1.807) is 0 Å². The number of carbonyl (C=O) groups is 2. The number of benzene rings is 1. The van der Waals surface area contributed by atoms with Gasteiger partial charge >= 0.3 is 12.2 Å². The number of nitrogens with zero attached hydrogens (tertiary/aromatic N) is 2. The minimum absolute atomic E-state index is 0.00197. The minimum Gasteiger partial charge on any atom is -0.307 e. The zero-order valence-corrected chi connectivity index (χ0v) is 12.9. The first kappa shape index (κ1) is 17.2. The Morgan fingerprint density at radius 3 is 2.57 bits per heavy atom. The molecular formula is C12H8ClF3N4O2S. The molecule has 0 atom stereocenters. The number of anilines is 1. The molecule has 2 rings (SSSR count). The Bertz CT molecular complexity index is 763. The number of aryl methyl sites for hydroxylation is 1. The molecule has 11 heteroatoms. The second kappa shape index (κ2) is 6.50. The van der Waals surface area contributed by atoms with Crippen molar-refractivity contribution in [2.75, 3.05) is 5.32 Å². The van der Waals surface area contributed by atoms with Crippen molar-refractivity contribution in [3.05, 3.63) is 39.4 Å². The molecule has 0 aliphatic heterocycles. The molecule has 0 saturated heterocycles. The molecule has 2 aromatic rings. The van der Waals surface area contributed by atoms with Crippen molar-refractivity contribution >= 4 is 40.8 Å². The number of imide groups is 1. The molecule has 0 bridgehead atoms. The van der Waals surface area contributed by atoms with Crippen LogP contribution in [0.25, 0.3) is 0 Å². The monoisotopic (exact) mass is 364 g/mol. The fraction of sp³-hybridized carbons (Fsp3) is 0.167. The summed E-state index contributed by atoms with van der Waals surface area (Å²) in [7, 11) is 0. The number of amides is 3. The lowest BCUT2D eigenvalue weighted by Crippen LogP contribution is -2.34. The van der Waals surface area contributed by atoms with Crippen LogP contribution >= 0.6 is 23.1 Å². The van der Waals surface area contributed by atoms with E-state index in [1.807, 2.05) is 10.6 Å². The maximum atomic E-state index is 12.9. The van der Waals surface area contributed by atoms with Gasteiger partial charge in [-0.25, -0.2) is 4.79 Å². The Balaban J connectivity index is 2.16. The molecule has 122 valence electrons. The summed E-state index contributed by atoms with van der Waals surface area (Å²) in [5.41, 5.74) is -1.34. The summed E-state index contributed by atoms with van der Waals surface area (Å²) in [5, 5.41) is 7.46. The van der Waals surface area contributed by atoms with Gasteiger partial charge in [0.1, 0.15) is 4.88 Å². The fourth-order valence-electron chi connectivity index (χ4n) is 1.62. The summed E-state index contributed by atoms with van der Waals surface area (Å²) < 4.78 is 42.1. The van der Waals surface area contributed by atoms with E-state index < -0.39 is 29.4 Å². The molecular weight excluding hydrogens is 357 g/mol. The summed E-state index contributed by atoms with van der Waals surface area (Å²) in [4.78, 5) is 23.6. The van der Waals surface area contributed by atoms with Crippen molar-refractivity contribution in [3.63, 3.8) is 0 Å². The molecule has 0 saturated carbocycles. The highest BCUT2D eigenvalue weighted by Crippen LogP contribution is 2.36. The second-order valence-corrected chi connectivity index (χ2v) is 5.47. The van der Waals surface area contributed by atoms with E-state index in [9.17, 15) is 22.8 Å². The van der Waals surface area contributed by atoms with E-state index in [0.29, 0.717) is 5.69 Å². The number of hydrogen-bond acceptors (Lipinski definition) is 5. The summed E-state index contributed by atoms with van der Waals surface area (Å²) in [5.74, 6) is -0.814. The third kappa shape index (κ3) is 4.17. The quantitative estimate of drug-likeness (QED) is 0.854. The minimum atomic E-state index is -4.69. The number of carbonyl (C=O) groups excluding carboxylic acids is 2. The predicted octanol–water partition coefficient (Wildman–Crippen LogP) is 3.48. The molecule has 0 unspecified atom stereocenters. The van der Waals surface area contributed by atoms with Crippen molar-refractivity contribution in [2.24, 2.45) is 0 Å². The van der Waals surface area contributed by atoms with E-state index in [-0.39, 0.29) is 9.90 Å². The number of halogens is 4. The molecule has 3 amide bonds. The van der Waals surface area contributed by atoms with Crippen molar-refractivity contribution in [1.29, 1.82) is 0 Å². The zero-order chi connectivity index (χ0) is 17.2. The Morgan fingerprint density at radius 1 is 1.30 bits per heavy atom. The molecule has 0 aliphatic carbocycles. The van der Waals surface area contributed by atoms with E-state index in [4.69, 9.17) is 11.6 Å². The van der Waals surface area contributed by atoms with Crippen molar-refractivity contribution in [1.82, 2.24) is 14.9 Å². The van der Waals surface area contributed by atoms with Crippen LogP contribution in [0.3, 0.4) is 0 Å². The van der Waals surface area contributed by atoms with E-state index in [1.165, 1.54) is 6.92 Å². The molecule has 0 aliphatic rings. The number of urea groups is 1. The molecule has 1 aromatic carbocycles.